The number of hydrogen-bond acceptors (Lipinski definition) is 1. The van der Waals surface area contributed by atoms with E-state index in [1.807, 2.05) is 0 Å². The summed E-state index contributed by atoms with van der Waals surface area (Å²) in [7, 11) is 0. The van der Waals surface area contributed by atoms with Crippen molar-refractivity contribution >= 4 is 0 Å². The molecule has 0 spiro atoms. The summed E-state index contributed by atoms with van der Waals surface area (Å²) in [5, 5.41) is 3.44. The average Bonchev–Trinajstić information content (AvgIpc) is 1.80. The molecule has 0 amide bonds. The fourth-order valence-corrected chi connectivity index (χ4v) is 1.66. The third kappa shape index (κ3) is 2.30. The Kier molecular flexibility index (Phi) is 3.20. The van der Waals surface area contributed by atoms with Gasteiger partial charge in [-0.15, -0.1) is 0 Å². The summed E-state index contributed by atoms with van der Waals surface area (Å²) in [5.41, 5.74) is 0. The summed E-state index contributed by atoms with van der Waals surface area (Å²) < 4.78 is 0. The van der Waals surface area contributed by atoms with Crippen molar-refractivity contribution < 1.29 is 0 Å². The molecule has 1 aliphatic rings. The largest absolute Gasteiger partial charge is 0.315 e. The topological polar surface area (TPSA) is 12.0 Å². The molecule has 1 saturated carbocycles. The van der Waals surface area contributed by atoms with Gasteiger partial charge in [-0.25, -0.2) is 0 Å². The van der Waals surface area contributed by atoms with Crippen LogP contribution in [0.2, 0.25) is 0 Å². The molecule has 0 radical (unpaired) electrons. The maximum atomic E-state index is 3.44. The van der Waals surface area contributed by atoms with Crippen LogP contribution in [-0.2, 0) is 0 Å². The SMILES string of the molecule is CCNC(C)CC1CCC1. The molecule has 1 nitrogen and oxygen atoms in total. The van der Waals surface area contributed by atoms with Crippen LogP contribution in [0.25, 0.3) is 0 Å². The summed E-state index contributed by atoms with van der Waals surface area (Å²) in [6.07, 6.45) is 5.84. The Morgan fingerprint density at radius 3 is 2.60 bits per heavy atom. The van der Waals surface area contributed by atoms with Crippen molar-refractivity contribution in [1.82, 2.24) is 5.32 Å². The lowest BCUT2D eigenvalue weighted by atomic mass is 9.81. The van der Waals surface area contributed by atoms with E-state index in [-0.39, 0.29) is 0 Å². The molecule has 1 atom stereocenters. The van der Waals surface area contributed by atoms with Crippen LogP contribution >= 0.6 is 0 Å². The van der Waals surface area contributed by atoms with Gasteiger partial charge in [0.15, 0.2) is 0 Å². The van der Waals surface area contributed by atoms with E-state index in [2.05, 4.69) is 19.2 Å². The van der Waals surface area contributed by atoms with E-state index in [4.69, 9.17) is 0 Å². The zero-order valence-electron chi connectivity index (χ0n) is 7.19. The van der Waals surface area contributed by atoms with Crippen LogP contribution in [0.3, 0.4) is 0 Å². The molecule has 0 heterocycles. The molecule has 0 aromatic rings. The Hall–Kier alpha value is -0.0400. The second-order valence-electron chi connectivity index (χ2n) is 3.49. The zero-order valence-corrected chi connectivity index (χ0v) is 7.19. The monoisotopic (exact) mass is 141 g/mol. The Morgan fingerprint density at radius 1 is 1.50 bits per heavy atom. The van der Waals surface area contributed by atoms with Gasteiger partial charge < -0.3 is 5.32 Å². The predicted octanol–water partition coefficient (Wildman–Crippen LogP) is 2.17. The maximum absolute atomic E-state index is 3.44. The lowest BCUT2D eigenvalue weighted by Crippen LogP contribution is -2.29. The van der Waals surface area contributed by atoms with Crippen LogP contribution in [0.4, 0.5) is 0 Å². The normalized spacial score (nSPS) is 22.2. The average molecular weight is 141 g/mol. The van der Waals surface area contributed by atoms with Gasteiger partial charge >= 0.3 is 0 Å². The first-order valence-electron chi connectivity index (χ1n) is 4.56. The highest BCUT2D eigenvalue weighted by molar-refractivity contribution is 4.74. The van der Waals surface area contributed by atoms with Gasteiger partial charge in [-0.05, 0) is 25.8 Å². The van der Waals surface area contributed by atoms with Crippen molar-refractivity contribution in [2.45, 2.75) is 45.6 Å². The molecule has 0 aliphatic heterocycles. The first kappa shape index (κ1) is 8.06. The Balaban J connectivity index is 1.99. The smallest absolute Gasteiger partial charge is 0.00412 e. The molecular formula is C9H19N. The van der Waals surface area contributed by atoms with Gasteiger partial charge in [0.25, 0.3) is 0 Å². The highest BCUT2D eigenvalue weighted by Gasteiger charge is 2.18. The standard InChI is InChI=1S/C9H19N/c1-3-10-8(2)7-9-5-4-6-9/h8-10H,3-7H2,1-2H3. The fraction of sp³-hybridized carbons (Fsp3) is 1.00. The van der Waals surface area contributed by atoms with Crippen molar-refractivity contribution in [3.05, 3.63) is 0 Å². The molecule has 0 aromatic heterocycles. The molecule has 1 aliphatic carbocycles. The zero-order chi connectivity index (χ0) is 7.40. The van der Waals surface area contributed by atoms with E-state index in [1.54, 1.807) is 0 Å². The van der Waals surface area contributed by atoms with E-state index in [0.717, 1.165) is 18.5 Å². The van der Waals surface area contributed by atoms with Gasteiger partial charge in [-0.1, -0.05) is 26.2 Å². The van der Waals surface area contributed by atoms with Gasteiger partial charge in [-0.3, -0.25) is 0 Å². The highest BCUT2D eigenvalue weighted by atomic mass is 14.9. The summed E-state index contributed by atoms with van der Waals surface area (Å²) in [4.78, 5) is 0. The summed E-state index contributed by atoms with van der Waals surface area (Å²) in [6, 6.07) is 0.746. The van der Waals surface area contributed by atoms with Crippen molar-refractivity contribution in [2.75, 3.05) is 6.54 Å². The summed E-state index contributed by atoms with van der Waals surface area (Å²) in [5.74, 6) is 1.05. The van der Waals surface area contributed by atoms with Crippen LogP contribution in [0.5, 0.6) is 0 Å². The predicted molar refractivity (Wildman–Crippen MR) is 45.1 cm³/mol. The van der Waals surface area contributed by atoms with Crippen LogP contribution in [0.1, 0.15) is 39.5 Å². The van der Waals surface area contributed by atoms with Crippen molar-refractivity contribution in [3.8, 4) is 0 Å². The molecule has 1 rings (SSSR count). The van der Waals surface area contributed by atoms with E-state index in [0.29, 0.717) is 0 Å². The van der Waals surface area contributed by atoms with Crippen LogP contribution in [0, 0.1) is 5.92 Å². The summed E-state index contributed by atoms with van der Waals surface area (Å²) >= 11 is 0. The molecule has 60 valence electrons. The molecule has 0 saturated heterocycles. The van der Waals surface area contributed by atoms with Crippen molar-refractivity contribution in [1.29, 1.82) is 0 Å². The van der Waals surface area contributed by atoms with E-state index >= 15 is 0 Å². The minimum Gasteiger partial charge on any atom is -0.315 e. The first-order chi connectivity index (χ1) is 4.83. The fourth-order valence-electron chi connectivity index (χ4n) is 1.66. The highest BCUT2D eigenvalue weighted by Crippen LogP contribution is 2.30. The lowest BCUT2D eigenvalue weighted by Gasteiger charge is -2.28. The van der Waals surface area contributed by atoms with Gasteiger partial charge in [0.1, 0.15) is 0 Å². The Bertz CT molecular complexity index is 86.7. The number of rotatable bonds is 4. The minimum absolute atomic E-state index is 0.746. The van der Waals surface area contributed by atoms with Crippen LogP contribution < -0.4 is 5.32 Å². The Labute approximate surface area is 64.2 Å². The van der Waals surface area contributed by atoms with Gasteiger partial charge in [-0.2, -0.15) is 0 Å². The first-order valence-corrected chi connectivity index (χ1v) is 4.56. The molecule has 1 unspecified atom stereocenters. The van der Waals surface area contributed by atoms with Crippen LogP contribution in [0.15, 0.2) is 0 Å². The van der Waals surface area contributed by atoms with E-state index in [1.165, 1.54) is 25.7 Å². The molecule has 10 heavy (non-hydrogen) atoms. The molecule has 0 aromatic carbocycles. The molecule has 1 heteroatoms. The van der Waals surface area contributed by atoms with Gasteiger partial charge in [0.2, 0.25) is 0 Å². The summed E-state index contributed by atoms with van der Waals surface area (Å²) in [6.45, 7) is 5.59. The molecular weight excluding hydrogens is 122 g/mol. The second kappa shape index (κ2) is 3.97. The number of hydrogen-bond donors (Lipinski definition) is 1. The second-order valence-corrected chi connectivity index (χ2v) is 3.49. The third-order valence-corrected chi connectivity index (χ3v) is 2.46. The minimum atomic E-state index is 0.746. The Morgan fingerprint density at radius 2 is 2.20 bits per heavy atom. The lowest BCUT2D eigenvalue weighted by molar-refractivity contribution is 0.267. The van der Waals surface area contributed by atoms with E-state index in [9.17, 15) is 0 Å². The number of nitrogens with one attached hydrogen (secondary N) is 1. The molecule has 0 bridgehead atoms. The molecule has 1 N–H and O–H groups in total. The van der Waals surface area contributed by atoms with Crippen molar-refractivity contribution in [3.63, 3.8) is 0 Å². The molecule has 1 fully saturated rings. The van der Waals surface area contributed by atoms with Gasteiger partial charge in [0.05, 0.1) is 0 Å². The van der Waals surface area contributed by atoms with E-state index < -0.39 is 0 Å². The quantitative estimate of drug-likeness (QED) is 0.632. The van der Waals surface area contributed by atoms with Crippen molar-refractivity contribution in [2.24, 2.45) is 5.92 Å². The van der Waals surface area contributed by atoms with Crippen LogP contribution in [-0.4, -0.2) is 12.6 Å². The maximum Gasteiger partial charge on any atom is 0.00412 e. The van der Waals surface area contributed by atoms with Gasteiger partial charge in [0, 0.05) is 6.04 Å². The third-order valence-electron chi connectivity index (χ3n) is 2.46.